The van der Waals surface area contributed by atoms with E-state index in [1.807, 2.05) is 0 Å². The van der Waals surface area contributed by atoms with E-state index in [0.717, 1.165) is 5.92 Å². The van der Waals surface area contributed by atoms with Gasteiger partial charge in [0.25, 0.3) is 0 Å². The molecule has 0 amide bonds. The molecule has 0 N–H and O–H groups in total. The van der Waals surface area contributed by atoms with E-state index in [0.29, 0.717) is 6.04 Å². The van der Waals surface area contributed by atoms with Crippen molar-refractivity contribution < 1.29 is 0 Å². The van der Waals surface area contributed by atoms with Crippen LogP contribution in [0.5, 0.6) is 0 Å². The fourth-order valence-electron chi connectivity index (χ4n) is 3.62. The van der Waals surface area contributed by atoms with Crippen molar-refractivity contribution in [2.24, 2.45) is 5.92 Å². The Morgan fingerprint density at radius 2 is 1.35 bits per heavy atom. The number of benzene rings is 2. The molecule has 2 nitrogen and oxygen atoms in total. The van der Waals surface area contributed by atoms with Crippen LogP contribution in [-0.4, -0.2) is 30.6 Å². The van der Waals surface area contributed by atoms with Crippen LogP contribution in [0.25, 0.3) is 0 Å². The van der Waals surface area contributed by atoms with Crippen LogP contribution in [-0.2, 0) is 0 Å². The van der Waals surface area contributed by atoms with Gasteiger partial charge in [0.1, 0.15) is 0 Å². The number of nitrogens with zero attached hydrogens (tertiary/aromatic N) is 2. The molecule has 0 aliphatic carbocycles. The van der Waals surface area contributed by atoms with Crippen LogP contribution in [0.3, 0.4) is 0 Å². The topological polar surface area (TPSA) is 6.48 Å². The van der Waals surface area contributed by atoms with Crippen LogP contribution in [0.2, 0.25) is 0 Å². The zero-order valence-electron chi connectivity index (χ0n) is 14.4. The first kappa shape index (κ1) is 16.1. The third-order valence-electron chi connectivity index (χ3n) is 4.61. The number of hydrogen-bond acceptors (Lipinski definition) is 2. The fourth-order valence-corrected chi connectivity index (χ4v) is 3.62. The molecule has 2 aromatic rings. The SMILES string of the molecule is CC(C)CN1CCC(N(c2ccccc2)c2ccccc2)CC1. The number of piperidine rings is 1. The van der Waals surface area contributed by atoms with Gasteiger partial charge in [-0.1, -0.05) is 50.2 Å². The molecule has 1 heterocycles. The van der Waals surface area contributed by atoms with Gasteiger partial charge in [0.2, 0.25) is 0 Å². The summed E-state index contributed by atoms with van der Waals surface area (Å²) >= 11 is 0. The molecule has 0 radical (unpaired) electrons. The Morgan fingerprint density at radius 1 is 0.870 bits per heavy atom. The average molecular weight is 308 g/mol. The van der Waals surface area contributed by atoms with Gasteiger partial charge in [-0.15, -0.1) is 0 Å². The van der Waals surface area contributed by atoms with Gasteiger partial charge < -0.3 is 9.80 Å². The Balaban J connectivity index is 1.78. The lowest BCUT2D eigenvalue weighted by molar-refractivity contribution is 0.192. The van der Waals surface area contributed by atoms with Crippen molar-refractivity contribution in [1.29, 1.82) is 0 Å². The van der Waals surface area contributed by atoms with Gasteiger partial charge in [0, 0.05) is 37.1 Å². The van der Waals surface area contributed by atoms with E-state index in [9.17, 15) is 0 Å². The Kier molecular flexibility index (Phi) is 5.35. The van der Waals surface area contributed by atoms with E-state index in [1.165, 1.54) is 43.9 Å². The lowest BCUT2D eigenvalue weighted by atomic mass is 10.00. The molecule has 1 aliphatic rings. The molecule has 122 valence electrons. The molecule has 0 spiro atoms. The van der Waals surface area contributed by atoms with Crippen molar-refractivity contribution in [3.8, 4) is 0 Å². The van der Waals surface area contributed by atoms with Gasteiger partial charge in [0.15, 0.2) is 0 Å². The average Bonchev–Trinajstić information content (AvgIpc) is 2.58. The van der Waals surface area contributed by atoms with Crippen LogP contribution in [0.15, 0.2) is 60.7 Å². The normalized spacial score (nSPS) is 16.7. The molecular weight excluding hydrogens is 280 g/mol. The van der Waals surface area contributed by atoms with Crippen molar-refractivity contribution in [1.82, 2.24) is 4.90 Å². The summed E-state index contributed by atoms with van der Waals surface area (Å²) < 4.78 is 0. The highest BCUT2D eigenvalue weighted by molar-refractivity contribution is 5.64. The Bertz CT molecular complexity index is 532. The summed E-state index contributed by atoms with van der Waals surface area (Å²) in [6, 6.07) is 22.2. The first-order valence-electron chi connectivity index (χ1n) is 8.85. The number of para-hydroxylation sites is 2. The quantitative estimate of drug-likeness (QED) is 0.771. The second-order valence-corrected chi connectivity index (χ2v) is 6.97. The molecule has 0 unspecified atom stereocenters. The maximum Gasteiger partial charge on any atom is 0.0413 e. The maximum absolute atomic E-state index is 2.62. The van der Waals surface area contributed by atoms with Crippen molar-refractivity contribution in [3.63, 3.8) is 0 Å². The molecular formula is C21H28N2. The third-order valence-corrected chi connectivity index (χ3v) is 4.61. The van der Waals surface area contributed by atoms with Gasteiger partial charge in [0.05, 0.1) is 0 Å². The predicted molar refractivity (Wildman–Crippen MR) is 99.3 cm³/mol. The number of likely N-dealkylation sites (tertiary alicyclic amines) is 1. The highest BCUT2D eigenvalue weighted by Crippen LogP contribution is 2.31. The molecule has 0 saturated carbocycles. The van der Waals surface area contributed by atoms with E-state index >= 15 is 0 Å². The van der Waals surface area contributed by atoms with Crippen LogP contribution in [0.1, 0.15) is 26.7 Å². The van der Waals surface area contributed by atoms with E-state index in [2.05, 4.69) is 84.3 Å². The number of anilines is 2. The molecule has 1 saturated heterocycles. The third kappa shape index (κ3) is 4.14. The van der Waals surface area contributed by atoms with Gasteiger partial charge in [-0.05, 0) is 43.0 Å². The second kappa shape index (κ2) is 7.65. The molecule has 3 rings (SSSR count). The molecule has 0 aromatic heterocycles. The van der Waals surface area contributed by atoms with Crippen LogP contribution in [0.4, 0.5) is 11.4 Å². The summed E-state index contributed by atoms with van der Waals surface area (Å²) in [5.41, 5.74) is 2.61. The van der Waals surface area contributed by atoms with E-state index in [-0.39, 0.29) is 0 Å². The molecule has 1 fully saturated rings. The molecule has 2 aromatic carbocycles. The van der Waals surface area contributed by atoms with Gasteiger partial charge in [-0.3, -0.25) is 0 Å². The summed E-state index contributed by atoms with van der Waals surface area (Å²) in [5, 5.41) is 0. The number of hydrogen-bond donors (Lipinski definition) is 0. The van der Waals surface area contributed by atoms with Crippen LogP contribution >= 0.6 is 0 Å². The predicted octanol–water partition coefficient (Wildman–Crippen LogP) is 4.95. The van der Waals surface area contributed by atoms with E-state index in [1.54, 1.807) is 0 Å². The molecule has 0 atom stereocenters. The zero-order chi connectivity index (χ0) is 16.1. The number of rotatable bonds is 5. The molecule has 1 aliphatic heterocycles. The standard InChI is InChI=1S/C21H28N2/c1-18(2)17-22-15-13-21(14-16-22)23(19-9-5-3-6-10-19)20-11-7-4-8-12-20/h3-12,18,21H,13-17H2,1-2H3. The Labute approximate surface area is 140 Å². The van der Waals surface area contributed by atoms with Crippen molar-refractivity contribution in [2.75, 3.05) is 24.5 Å². The molecule has 23 heavy (non-hydrogen) atoms. The lowest BCUT2D eigenvalue weighted by Crippen LogP contribution is -2.44. The molecule has 2 heteroatoms. The summed E-state index contributed by atoms with van der Waals surface area (Å²) in [4.78, 5) is 5.15. The lowest BCUT2D eigenvalue weighted by Gasteiger charge is -2.40. The first-order valence-corrected chi connectivity index (χ1v) is 8.85. The largest absolute Gasteiger partial charge is 0.338 e. The van der Waals surface area contributed by atoms with Gasteiger partial charge in [-0.2, -0.15) is 0 Å². The van der Waals surface area contributed by atoms with E-state index < -0.39 is 0 Å². The minimum absolute atomic E-state index is 0.586. The minimum atomic E-state index is 0.586. The minimum Gasteiger partial charge on any atom is -0.338 e. The van der Waals surface area contributed by atoms with Crippen molar-refractivity contribution >= 4 is 11.4 Å². The maximum atomic E-state index is 2.62. The molecule has 0 bridgehead atoms. The van der Waals surface area contributed by atoms with Gasteiger partial charge in [-0.25, -0.2) is 0 Å². The van der Waals surface area contributed by atoms with Crippen molar-refractivity contribution in [3.05, 3.63) is 60.7 Å². The highest BCUT2D eigenvalue weighted by atomic mass is 15.2. The smallest absolute Gasteiger partial charge is 0.0413 e. The zero-order valence-corrected chi connectivity index (χ0v) is 14.4. The van der Waals surface area contributed by atoms with Gasteiger partial charge >= 0.3 is 0 Å². The fraction of sp³-hybridized carbons (Fsp3) is 0.429. The Hall–Kier alpha value is -1.80. The van der Waals surface area contributed by atoms with E-state index in [4.69, 9.17) is 0 Å². The van der Waals surface area contributed by atoms with Crippen LogP contribution in [0, 0.1) is 5.92 Å². The Morgan fingerprint density at radius 3 is 1.78 bits per heavy atom. The summed E-state index contributed by atoms with van der Waals surface area (Å²) in [6.45, 7) is 8.26. The summed E-state index contributed by atoms with van der Waals surface area (Å²) in [5.74, 6) is 0.755. The first-order chi connectivity index (χ1) is 11.2. The summed E-state index contributed by atoms with van der Waals surface area (Å²) in [6.07, 6.45) is 2.47. The highest BCUT2D eigenvalue weighted by Gasteiger charge is 2.26. The van der Waals surface area contributed by atoms with Crippen molar-refractivity contribution in [2.45, 2.75) is 32.7 Å². The second-order valence-electron chi connectivity index (χ2n) is 6.97. The van der Waals surface area contributed by atoms with Crippen LogP contribution < -0.4 is 4.90 Å². The monoisotopic (exact) mass is 308 g/mol. The summed E-state index contributed by atoms with van der Waals surface area (Å²) in [7, 11) is 0.